The molecule has 16 heavy (non-hydrogen) atoms. The molecule has 0 spiro atoms. The zero-order valence-corrected chi connectivity index (χ0v) is 9.48. The average Bonchev–Trinajstić information content (AvgIpc) is 3.08. The van der Waals surface area contributed by atoms with Crippen LogP contribution in [0, 0.1) is 0 Å². The van der Waals surface area contributed by atoms with Crippen LogP contribution in [0.3, 0.4) is 0 Å². The molecule has 2 atom stereocenters. The number of ether oxygens (including phenoxy) is 1. The van der Waals surface area contributed by atoms with Crippen LogP contribution in [0.5, 0.6) is 0 Å². The van der Waals surface area contributed by atoms with Crippen molar-refractivity contribution >= 4 is 9.84 Å². The molecule has 0 saturated carbocycles. The molecule has 0 bridgehead atoms. The van der Waals surface area contributed by atoms with Gasteiger partial charge in [0.15, 0.2) is 0 Å². The molecule has 1 aliphatic carbocycles. The number of hydrogen-bond donors (Lipinski definition) is 0. The summed E-state index contributed by atoms with van der Waals surface area (Å²) in [7, 11) is -3.29. The molecule has 1 heterocycles. The van der Waals surface area contributed by atoms with Crippen molar-refractivity contribution in [2.24, 2.45) is 0 Å². The van der Waals surface area contributed by atoms with E-state index in [4.69, 9.17) is 4.74 Å². The van der Waals surface area contributed by atoms with Gasteiger partial charge in [0.05, 0.1) is 11.0 Å². The molecule has 0 N–H and O–H groups in total. The fraction of sp³-hybridized carbons (Fsp3) is 0.333. The van der Waals surface area contributed by atoms with Gasteiger partial charge in [0.1, 0.15) is 6.10 Å². The summed E-state index contributed by atoms with van der Waals surface area (Å²) in [6.45, 7) is 0. The van der Waals surface area contributed by atoms with Crippen LogP contribution in [-0.4, -0.2) is 20.6 Å². The second kappa shape index (κ2) is 3.43. The van der Waals surface area contributed by atoms with Gasteiger partial charge in [0.25, 0.3) is 0 Å². The minimum Gasteiger partial charge on any atom is -0.365 e. The van der Waals surface area contributed by atoms with E-state index in [-0.39, 0.29) is 12.2 Å². The number of benzene rings is 1. The monoisotopic (exact) mass is 236 g/mol. The number of rotatable bonds is 2. The van der Waals surface area contributed by atoms with Gasteiger partial charge in [-0.3, -0.25) is 0 Å². The van der Waals surface area contributed by atoms with Crippen LogP contribution in [0.4, 0.5) is 0 Å². The van der Waals surface area contributed by atoms with E-state index in [1.54, 1.807) is 30.3 Å². The van der Waals surface area contributed by atoms with Crippen LogP contribution >= 0.6 is 0 Å². The normalized spacial score (nSPS) is 28.1. The van der Waals surface area contributed by atoms with Crippen molar-refractivity contribution in [1.82, 2.24) is 0 Å². The standard InChI is InChI=1S/C12H12O3S/c13-16(14,9-4-2-1-3-5-9)10-6-7-11-12(8-10)15-11/h1-5,8,11-12H,6-7H2/t11-,12+/m1/s1. The molecular weight excluding hydrogens is 224 g/mol. The molecule has 1 aromatic rings. The molecule has 0 unspecified atom stereocenters. The molecule has 1 fully saturated rings. The molecule has 3 rings (SSSR count). The summed E-state index contributed by atoms with van der Waals surface area (Å²) in [6.07, 6.45) is 3.49. The SMILES string of the molecule is O=S(=O)(C1=C[C@@H]2O[C@@H]2CC1)c1ccccc1. The largest absolute Gasteiger partial charge is 0.365 e. The van der Waals surface area contributed by atoms with Crippen molar-refractivity contribution in [2.45, 2.75) is 29.9 Å². The van der Waals surface area contributed by atoms with Crippen LogP contribution < -0.4 is 0 Å². The Kier molecular flexibility index (Phi) is 2.16. The number of allylic oxidation sites excluding steroid dienone is 1. The molecule has 0 aromatic heterocycles. The molecule has 1 aliphatic heterocycles. The van der Waals surface area contributed by atoms with Gasteiger partial charge in [-0.1, -0.05) is 18.2 Å². The zero-order chi connectivity index (χ0) is 11.2. The molecule has 3 nitrogen and oxygen atoms in total. The highest BCUT2D eigenvalue weighted by molar-refractivity contribution is 7.95. The van der Waals surface area contributed by atoms with Gasteiger partial charge in [0, 0.05) is 4.91 Å². The van der Waals surface area contributed by atoms with Crippen LogP contribution in [0.25, 0.3) is 0 Å². The lowest BCUT2D eigenvalue weighted by Gasteiger charge is -2.10. The molecule has 1 aromatic carbocycles. The van der Waals surface area contributed by atoms with Crippen molar-refractivity contribution in [3.8, 4) is 0 Å². The summed E-state index contributed by atoms with van der Waals surface area (Å²) < 4.78 is 29.8. The smallest absolute Gasteiger partial charge is 0.202 e. The quantitative estimate of drug-likeness (QED) is 0.737. The number of sulfone groups is 1. The minimum absolute atomic E-state index is 0.0437. The molecular formula is C12H12O3S. The first-order valence-electron chi connectivity index (χ1n) is 5.34. The second-order valence-corrected chi connectivity index (χ2v) is 6.13. The van der Waals surface area contributed by atoms with E-state index in [0.717, 1.165) is 6.42 Å². The minimum atomic E-state index is -3.29. The average molecular weight is 236 g/mol. The highest BCUT2D eigenvalue weighted by Crippen LogP contribution is 2.38. The zero-order valence-electron chi connectivity index (χ0n) is 8.67. The molecule has 0 amide bonds. The first-order valence-corrected chi connectivity index (χ1v) is 6.82. The van der Waals surface area contributed by atoms with Gasteiger partial charge in [-0.2, -0.15) is 0 Å². The van der Waals surface area contributed by atoms with Crippen LogP contribution in [0.2, 0.25) is 0 Å². The van der Waals surface area contributed by atoms with Gasteiger partial charge >= 0.3 is 0 Å². The van der Waals surface area contributed by atoms with Gasteiger partial charge in [-0.15, -0.1) is 0 Å². The van der Waals surface area contributed by atoms with Gasteiger partial charge in [-0.25, -0.2) is 8.42 Å². The Morgan fingerprint density at radius 1 is 1.19 bits per heavy atom. The van der Waals surface area contributed by atoms with Crippen LogP contribution in [0.15, 0.2) is 46.2 Å². The third-order valence-electron chi connectivity index (χ3n) is 3.05. The van der Waals surface area contributed by atoms with Crippen molar-refractivity contribution in [3.63, 3.8) is 0 Å². The van der Waals surface area contributed by atoms with E-state index in [1.165, 1.54) is 0 Å². The molecule has 4 heteroatoms. The Balaban J connectivity index is 2.00. The van der Waals surface area contributed by atoms with Crippen molar-refractivity contribution in [3.05, 3.63) is 41.3 Å². The van der Waals surface area contributed by atoms with E-state index < -0.39 is 9.84 Å². The van der Waals surface area contributed by atoms with Gasteiger partial charge in [-0.05, 0) is 31.1 Å². The van der Waals surface area contributed by atoms with Crippen LogP contribution in [-0.2, 0) is 14.6 Å². The van der Waals surface area contributed by atoms with E-state index >= 15 is 0 Å². The molecule has 84 valence electrons. The summed E-state index contributed by atoms with van der Waals surface area (Å²) in [5.74, 6) is 0. The number of epoxide rings is 1. The Bertz CT molecular complexity index is 531. The lowest BCUT2D eigenvalue weighted by molar-refractivity contribution is 0.385. The summed E-state index contributed by atoms with van der Waals surface area (Å²) >= 11 is 0. The Labute approximate surface area is 94.7 Å². The summed E-state index contributed by atoms with van der Waals surface area (Å²) in [6, 6.07) is 8.57. The molecule has 0 radical (unpaired) electrons. The maximum Gasteiger partial charge on any atom is 0.202 e. The third kappa shape index (κ3) is 1.58. The Morgan fingerprint density at radius 2 is 1.94 bits per heavy atom. The fourth-order valence-electron chi connectivity index (χ4n) is 2.06. The van der Waals surface area contributed by atoms with E-state index in [0.29, 0.717) is 16.2 Å². The molecule has 2 aliphatic rings. The molecule has 1 saturated heterocycles. The van der Waals surface area contributed by atoms with Gasteiger partial charge in [0.2, 0.25) is 9.84 Å². The fourth-order valence-corrected chi connectivity index (χ4v) is 3.58. The Morgan fingerprint density at radius 3 is 2.62 bits per heavy atom. The van der Waals surface area contributed by atoms with E-state index in [9.17, 15) is 8.42 Å². The maximum absolute atomic E-state index is 12.2. The topological polar surface area (TPSA) is 46.7 Å². The van der Waals surface area contributed by atoms with E-state index in [2.05, 4.69) is 0 Å². The predicted octanol–water partition coefficient (Wildman–Crippen LogP) is 1.91. The summed E-state index contributed by atoms with van der Waals surface area (Å²) in [5.41, 5.74) is 0. The maximum atomic E-state index is 12.2. The lowest BCUT2D eigenvalue weighted by atomic mass is 10.1. The number of fused-ring (bicyclic) bond motifs is 1. The predicted molar refractivity (Wildman–Crippen MR) is 59.6 cm³/mol. The van der Waals surface area contributed by atoms with Crippen molar-refractivity contribution < 1.29 is 13.2 Å². The second-order valence-electron chi connectivity index (χ2n) is 4.13. The highest BCUT2D eigenvalue weighted by Gasteiger charge is 2.42. The van der Waals surface area contributed by atoms with Crippen LogP contribution in [0.1, 0.15) is 12.8 Å². The first kappa shape index (κ1) is 10.1. The summed E-state index contributed by atoms with van der Waals surface area (Å²) in [4.78, 5) is 0.887. The summed E-state index contributed by atoms with van der Waals surface area (Å²) in [5, 5.41) is 0. The van der Waals surface area contributed by atoms with Crippen molar-refractivity contribution in [2.75, 3.05) is 0 Å². The van der Waals surface area contributed by atoms with E-state index in [1.807, 2.05) is 6.07 Å². The van der Waals surface area contributed by atoms with Gasteiger partial charge < -0.3 is 4.74 Å². The number of hydrogen-bond acceptors (Lipinski definition) is 3. The Hall–Kier alpha value is -1.13. The lowest BCUT2D eigenvalue weighted by Crippen LogP contribution is -2.11. The first-order chi connectivity index (χ1) is 7.68. The third-order valence-corrected chi connectivity index (χ3v) is 4.97. The van der Waals surface area contributed by atoms with Crippen molar-refractivity contribution in [1.29, 1.82) is 0 Å². The highest BCUT2D eigenvalue weighted by atomic mass is 32.2.